The third kappa shape index (κ3) is 7.74. The van der Waals surface area contributed by atoms with Crippen LogP contribution in [-0.4, -0.2) is 50.2 Å². The van der Waals surface area contributed by atoms with E-state index in [1.165, 1.54) is 7.05 Å². The fourth-order valence-electron chi connectivity index (χ4n) is 0.608. The van der Waals surface area contributed by atoms with Crippen LogP contribution in [-0.2, 0) is 4.74 Å². The molecule has 0 spiro atoms. The van der Waals surface area contributed by atoms with Crippen molar-refractivity contribution in [3.63, 3.8) is 0 Å². The Hall–Kier alpha value is -0.160. The van der Waals surface area contributed by atoms with Gasteiger partial charge in [0.2, 0.25) is 0 Å². The van der Waals surface area contributed by atoms with Gasteiger partial charge in [-0.2, -0.15) is 0 Å². The first-order valence-corrected chi connectivity index (χ1v) is 3.28. The van der Waals surface area contributed by atoms with Gasteiger partial charge in [-0.25, -0.2) is 0 Å². The largest absolute Gasteiger partial charge is 0.633 e. The average molecular weight is 165 g/mol. The number of hydrogen-bond donors (Lipinski definition) is 1. The molecule has 0 aromatic heterocycles. The van der Waals surface area contributed by atoms with Crippen LogP contribution in [0.25, 0.3) is 0 Å². The second kappa shape index (κ2) is 6.54. The highest BCUT2D eigenvalue weighted by atomic mass is 16.6. The summed E-state index contributed by atoms with van der Waals surface area (Å²) in [5.41, 5.74) is 0. The third-order valence-corrected chi connectivity index (χ3v) is 1.34. The number of nitrogens with zero attached hydrogens (tertiary/aromatic N) is 1. The number of likely N-dealkylation sites (N-methyl/N-ethyl adjacent to an activating group) is 1. The Morgan fingerprint density at radius 1 is 1.45 bits per heavy atom. The molecule has 0 rings (SSSR count). The van der Waals surface area contributed by atoms with Gasteiger partial charge in [-0.3, -0.25) is 0 Å². The fourth-order valence-corrected chi connectivity index (χ4v) is 0.608. The molecule has 0 bridgehead atoms. The first kappa shape index (κ1) is 13.4. The Kier molecular flexibility index (Phi) is 7.99. The summed E-state index contributed by atoms with van der Waals surface area (Å²) in [5, 5.41) is 19.6. The number of aliphatic hydroxyl groups excluding tert-OH is 1. The molecule has 1 atom stereocenters. The summed E-state index contributed by atoms with van der Waals surface area (Å²) >= 11 is 0. The van der Waals surface area contributed by atoms with E-state index in [9.17, 15) is 5.21 Å². The zero-order chi connectivity index (χ0) is 8.04. The summed E-state index contributed by atoms with van der Waals surface area (Å²) in [6.07, 6.45) is 0. The second-order valence-electron chi connectivity index (χ2n) is 2.46. The summed E-state index contributed by atoms with van der Waals surface area (Å²) in [6, 6.07) is 0. The highest BCUT2D eigenvalue weighted by molar-refractivity contribution is 4.36. The van der Waals surface area contributed by atoms with Crippen molar-refractivity contribution in [1.29, 1.82) is 0 Å². The van der Waals surface area contributed by atoms with Crippen molar-refractivity contribution >= 4 is 0 Å². The zero-order valence-electron chi connectivity index (χ0n) is 6.54. The predicted octanol–water partition coefficient (Wildman–Crippen LogP) is 0.206. The van der Waals surface area contributed by atoms with E-state index in [0.717, 1.165) is 0 Å². The molecule has 4 nitrogen and oxygen atoms in total. The molecular weight excluding hydrogens is 146 g/mol. The first-order valence-electron chi connectivity index (χ1n) is 3.28. The van der Waals surface area contributed by atoms with E-state index >= 15 is 0 Å². The summed E-state index contributed by atoms with van der Waals surface area (Å²) in [7, 11) is 3.08. The maximum atomic E-state index is 11.2. The molecule has 70 valence electrons. The van der Waals surface area contributed by atoms with E-state index in [1.54, 1.807) is 7.11 Å². The van der Waals surface area contributed by atoms with Gasteiger partial charge in [0.25, 0.3) is 0 Å². The van der Waals surface area contributed by atoms with Crippen LogP contribution in [0.1, 0.15) is 7.43 Å². The average Bonchev–Trinajstić information content (AvgIpc) is 1.84. The molecule has 0 radical (unpaired) electrons. The van der Waals surface area contributed by atoms with Crippen molar-refractivity contribution in [2.24, 2.45) is 0 Å². The SMILES string of the molecule is C.COCC[N+](C)([O-])CCO. The van der Waals surface area contributed by atoms with Gasteiger partial charge in [0.15, 0.2) is 0 Å². The number of aliphatic hydroxyl groups is 1. The minimum atomic E-state index is -0.426. The molecule has 0 saturated carbocycles. The maximum Gasteiger partial charge on any atom is 0.102 e. The van der Waals surface area contributed by atoms with Gasteiger partial charge < -0.3 is 19.7 Å². The fraction of sp³-hybridized carbons (Fsp3) is 1.00. The number of hydrogen-bond acceptors (Lipinski definition) is 3. The molecule has 0 heterocycles. The van der Waals surface area contributed by atoms with Gasteiger partial charge in [0.05, 0.1) is 20.3 Å². The Labute approximate surface area is 68.6 Å². The molecule has 1 unspecified atom stereocenters. The Balaban J connectivity index is 0. The summed E-state index contributed by atoms with van der Waals surface area (Å²) in [5.74, 6) is 0. The van der Waals surface area contributed by atoms with Crippen LogP contribution in [0.4, 0.5) is 0 Å². The van der Waals surface area contributed by atoms with Crippen LogP contribution >= 0.6 is 0 Å². The van der Waals surface area contributed by atoms with Crippen molar-refractivity contribution in [1.82, 2.24) is 0 Å². The number of methoxy groups -OCH3 is 1. The molecule has 0 aromatic rings. The molecule has 0 aliphatic heterocycles. The lowest BCUT2D eigenvalue weighted by Gasteiger charge is -2.37. The molecule has 1 N–H and O–H groups in total. The third-order valence-electron chi connectivity index (χ3n) is 1.34. The lowest BCUT2D eigenvalue weighted by molar-refractivity contribution is -0.861. The Morgan fingerprint density at radius 2 is 2.00 bits per heavy atom. The number of quaternary nitrogens is 1. The number of rotatable bonds is 5. The van der Waals surface area contributed by atoms with Crippen molar-refractivity contribution in [2.45, 2.75) is 7.43 Å². The summed E-state index contributed by atoms with van der Waals surface area (Å²) < 4.78 is 4.30. The van der Waals surface area contributed by atoms with Crippen LogP contribution < -0.4 is 0 Å². The first-order chi connectivity index (χ1) is 4.62. The van der Waals surface area contributed by atoms with Crippen molar-refractivity contribution in [2.75, 3.05) is 40.5 Å². The van der Waals surface area contributed by atoms with Crippen LogP contribution in [0.3, 0.4) is 0 Å². The van der Waals surface area contributed by atoms with Gasteiger partial charge in [0, 0.05) is 7.11 Å². The summed E-state index contributed by atoms with van der Waals surface area (Å²) in [4.78, 5) is 0. The van der Waals surface area contributed by atoms with Crippen LogP contribution in [0, 0.1) is 5.21 Å². The smallest absolute Gasteiger partial charge is 0.102 e. The zero-order valence-corrected chi connectivity index (χ0v) is 6.54. The predicted molar refractivity (Wildman–Crippen MR) is 45.0 cm³/mol. The van der Waals surface area contributed by atoms with Crippen LogP contribution in [0.2, 0.25) is 0 Å². The normalized spacial score (nSPS) is 15.3. The Morgan fingerprint density at radius 3 is 2.36 bits per heavy atom. The molecular formula is C7H19NO3. The van der Waals surface area contributed by atoms with E-state index in [-0.39, 0.29) is 20.6 Å². The van der Waals surface area contributed by atoms with E-state index in [0.29, 0.717) is 13.2 Å². The van der Waals surface area contributed by atoms with Gasteiger partial charge >= 0.3 is 0 Å². The van der Waals surface area contributed by atoms with Gasteiger partial charge in [0.1, 0.15) is 13.1 Å². The minimum absolute atomic E-state index is 0. The summed E-state index contributed by atoms with van der Waals surface area (Å²) in [6.45, 7) is 1.02. The molecule has 0 aromatic carbocycles. The second-order valence-corrected chi connectivity index (χ2v) is 2.46. The van der Waals surface area contributed by atoms with Crippen molar-refractivity contribution < 1.29 is 14.5 Å². The topological polar surface area (TPSA) is 52.5 Å². The Bertz CT molecular complexity index is 85.8. The molecule has 0 aliphatic carbocycles. The minimum Gasteiger partial charge on any atom is -0.633 e. The lowest BCUT2D eigenvalue weighted by Crippen LogP contribution is -2.42. The lowest BCUT2D eigenvalue weighted by atomic mass is 10.5. The maximum absolute atomic E-state index is 11.2. The van der Waals surface area contributed by atoms with Crippen LogP contribution in [0.5, 0.6) is 0 Å². The molecule has 4 heteroatoms. The van der Waals surface area contributed by atoms with E-state index in [4.69, 9.17) is 9.84 Å². The standard InChI is InChI=1S/C6H15NO3.CH4/c1-7(9,3-5-8)4-6-10-2;/h8H,3-6H2,1-2H3;1H4. The molecule has 0 aliphatic rings. The molecule has 0 fully saturated rings. The van der Waals surface area contributed by atoms with Gasteiger partial charge in [-0.1, -0.05) is 7.43 Å². The van der Waals surface area contributed by atoms with E-state index in [1.807, 2.05) is 0 Å². The number of ether oxygens (including phenoxy) is 1. The van der Waals surface area contributed by atoms with Gasteiger partial charge in [-0.05, 0) is 0 Å². The van der Waals surface area contributed by atoms with E-state index < -0.39 is 4.65 Å². The quantitative estimate of drug-likeness (QED) is 0.468. The molecule has 0 amide bonds. The van der Waals surface area contributed by atoms with Crippen molar-refractivity contribution in [3.05, 3.63) is 5.21 Å². The van der Waals surface area contributed by atoms with Crippen LogP contribution in [0.15, 0.2) is 0 Å². The van der Waals surface area contributed by atoms with Gasteiger partial charge in [-0.15, -0.1) is 0 Å². The molecule has 11 heavy (non-hydrogen) atoms. The highest BCUT2D eigenvalue weighted by Gasteiger charge is 2.06. The number of hydroxylamine groups is 3. The monoisotopic (exact) mass is 165 g/mol. The highest BCUT2D eigenvalue weighted by Crippen LogP contribution is 1.96. The van der Waals surface area contributed by atoms with Crippen molar-refractivity contribution in [3.8, 4) is 0 Å². The van der Waals surface area contributed by atoms with E-state index in [2.05, 4.69) is 0 Å². The molecule has 0 saturated heterocycles.